The van der Waals surface area contributed by atoms with Gasteiger partial charge in [0, 0.05) is 23.4 Å². The Morgan fingerprint density at radius 1 is 1.17 bits per heavy atom. The van der Waals surface area contributed by atoms with E-state index in [1.54, 1.807) is 36.4 Å². The van der Waals surface area contributed by atoms with E-state index in [4.69, 9.17) is 26.8 Å². The fourth-order valence-electron chi connectivity index (χ4n) is 2.58. The first-order valence-electron chi connectivity index (χ1n) is 9.38. The van der Waals surface area contributed by atoms with Crippen LogP contribution in [0.3, 0.4) is 0 Å². The summed E-state index contributed by atoms with van der Waals surface area (Å²) in [6.07, 6.45) is -0.583. The summed E-state index contributed by atoms with van der Waals surface area (Å²) in [6, 6.07) is 13.6. The highest BCUT2D eigenvalue weighted by Gasteiger charge is 2.17. The van der Waals surface area contributed by atoms with Crippen molar-refractivity contribution in [3.05, 3.63) is 59.7 Å². The molecule has 10 heteroatoms. The minimum absolute atomic E-state index is 0.0434. The van der Waals surface area contributed by atoms with Crippen LogP contribution in [-0.4, -0.2) is 49.9 Å². The average molecular weight is 416 g/mol. The summed E-state index contributed by atoms with van der Waals surface area (Å²) in [5.74, 6) is 5.11. The van der Waals surface area contributed by atoms with Crippen molar-refractivity contribution in [3.8, 4) is 5.75 Å². The Balaban J connectivity index is 1.86. The molecule has 10 nitrogen and oxygen atoms in total. The summed E-state index contributed by atoms with van der Waals surface area (Å²) < 4.78 is 11.4. The summed E-state index contributed by atoms with van der Waals surface area (Å²) in [7, 11) is 0. The van der Waals surface area contributed by atoms with Crippen LogP contribution >= 0.6 is 0 Å². The van der Waals surface area contributed by atoms with Crippen molar-refractivity contribution in [1.82, 2.24) is 10.7 Å². The summed E-state index contributed by atoms with van der Waals surface area (Å²) in [4.78, 5) is 16.0. The third kappa shape index (κ3) is 7.59. The zero-order valence-electron chi connectivity index (χ0n) is 16.6. The number of nitrogen functional groups attached to an aromatic ring is 1. The number of guanidine groups is 1. The smallest absolute Gasteiger partial charge is 0.251 e. The van der Waals surface area contributed by atoms with E-state index in [0.717, 1.165) is 0 Å². The highest BCUT2D eigenvalue weighted by atomic mass is 16.5. The van der Waals surface area contributed by atoms with E-state index in [9.17, 15) is 9.90 Å². The molecule has 2 rings (SSSR count). The van der Waals surface area contributed by atoms with Gasteiger partial charge in [0.05, 0.1) is 26.4 Å². The van der Waals surface area contributed by atoms with Crippen LogP contribution in [0.15, 0.2) is 53.5 Å². The Bertz CT molecular complexity index is 831. The number of benzene rings is 2. The van der Waals surface area contributed by atoms with Crippen molar-refractivity contribution in [2.24, 2.45) is 16.6 Å². The normalized spacial score (nSPS) is 12.4. The lowest BCUT2D eigenvalue weighted by Crippen LogP contribution is -2.37. The quantitative estimate of drug-likeness (QED) is 0.0576. The number of phenolic OH excluding ortho intramolecular Hbond substituents is 1. The topological polar surface area (TPSA) is 170 Å². The maximum Gasteiger partial charge on any atom is 0.251 e. The van der Waals surface area contributed by atoms with Crippen molar-refractivity contribution in [2.45, 2.75) is 6.10 Å². The third-order valence-electron chi connectivity index (χ3n) is 4.08. The van der Waals surface area contributed by atoms with E-state index in [2.05, 4.69) is 15.7 Å². The highest BCUT2D eigenvalue weighted by Crippen LogP contribution is 2.29. The highest BCUT2D eigenvalue weighted by molar-refractivity contribution is 5.94. The minimum atomic E-state index is -0.583. The number of rotatable bonds is 11. The molecule has 0 aliphatic carbocycles. The predicted molar refractivity (Wildman–Crippen MR) is 115 cm³/mol. The van der Waals surface area contributed by atoms with Gasteiger partial charge in [0.2, 0.25) is 5.96 Å². The molecule has 0 heterocycles. The number of anilines is 1. The van der Waals surface area contributed by atoms with Gasteiger partial charge >= 0.3 is 0 Å². The lowest BCUT2D eigenvalue weighted by molar-refractivity contribution is -0.0150. The minimum Gasteiger partial charge on any atom is -0.508 e. The molecule has 1 unspecified atom stereocenters. The first kappa shape index (κ1) is 22.9. The number of carbonyl (C=O) groups is 1. The Morgan fingerprint density at radius 2 is 1.93 bits per heavy atom. The SMILES string of the molecule is NNC(N)=NCCOC(COCCNC(=O)c1ccccc1)c1cc(N)ccc1O. The van der Waals surface area contributed by atoms with Gasteiger partial charge in [-0.3, -0.25) is 10.2 Å². The van der Waals surface area contributed by atoms with E-state index in [0.29, 0.717) is 23.4 Å². The molecule has 162 valence electrons. The van der Waals surface area contributed by atoms with Crippen molar-refractivity contribution in [3.63, 3.8) is 0 Å². The van der Waals surface area contributed by atoms with Crippen molar-refractivity contribution in [2.75, 3.05) is 38.6 Å². The molecule has 2 aromatic rings. The maximum absolute atomic E-state index is 12.0. The van der Waals surface area contributed by atoms with E-state index in [1.165, 1.54) is 6.07 Å². The first-order chi connectivity index (χ1) is 14.5. The molecule has 0 saturated heterocycles. The molecule has 0 fully saturated rings. The Morgan fingerprint density at radius 3 is 2.67 bits per heavy atom. The number of ether oxygens (including phenoxy) is 2. The van der Waals surface area contributed by atoms with Gasteiger partial charge in [-0.15, -0.1) is 0 Å². The first-order valence-corrected chi connectivity index (χ1v) is 9.38. The van der Waals surface area contributed by atoms with Crippen LogP contribution in [-0.2, 0) is 9.47 Å². The molecule has 1 atom stereocenters. The largest absolute Gasteiger partial charge is 0.508 e. The van der Waals surface area contributed by atoms with Crippen LogP contribution < -0.4 is 28.1 Å². The van der Waals surface area contributed by atoms with Gasteiger partial charge in [-0.1, -0.05) is 18.2 Å². The van der Waals surface area contributed by atoms with Gasteiger partial charge in [-0.2, -0.15) is 0 Å². The summed E-state index contributed by atoms with van der Waals surface area (Å²) in [5.41, 5.74) is 15.1. The van der Waals surface area contributed by atoms with Gasteiger partial charge in [-0.05, 0) is 30.3 Å². The lowest BCUT2D eigenvalue weighted by Gasteiger charge is -2.20. The average Bonchev–Trinajstić information content (AvgIpc) is 2.77. The van der Waals surface area contributed by atoms with Crippen molar-refractivity contribution in [1.29, 1.82) is 0 Å². The van der Waals surface area contributed by atoms with Crippen LogP contribution in [0, 0.1) is 0 Å². The molecule has 30 heavy (non-hydrogen) atoms. The monoisotopic (exact) mass is 416 g/mol. The van der Waals surface area contributed by atoms with Gasteiger partial charge in [0.25, 0.3) is 5.91 Å². The molecular formula is C20H28N6O4. The Labute approximate surface area is 175 Å². The van der Waals surface area contributed by atoms with Crippen LogP contribution in [0.2, 0.25) is 0 Å². The molecule has 0 aliphatic heterocycles. The van der Waals surface area contributed by atoms with Crippen LogP contribution in [0.5, 0.6) is 5.75 Å². The second-order valence-electron chi connectivity index (χ2n) is 6.29. The molecular weight excluding hydrogens is 388 g/mol. The number of aliphatic imine (C=N–C) groups is 1. The maximum atomic E-state index is 12.0. The van der Waals surface area contributed by atoms with E-state index in [-0.39, 0.29) is 44.0 Å². The fraction of sp³-hybridized carbons (Fsp3) is 0.300. The van der Waals surface area contributed by atoms with Crippen LogP contribution in [0.1, 0.15) is 22.0 Å². The van der Waals surface area contributed by atoms with Crippen LogP contribution in [0.4, 0.5) is 5.69 Å². The van der Waals surface area contributed by atoms with Crippen molar-refractivity contribution < 1.29 is 19.4 Å². The summed E-state index contributed by atoms with van der Waals surface area (Å²) >= 11 is 0. The molecule has 9 N–H and O–H groups in total. The van der Waals surface area contributed by atoms with E-state index in [1.807, 2.05) is 6.07 Å². The van der Waals surface area contributed by atoms with E-state index < -0.39 is 6.10 Å². The predicted octanol–water partition coefficient (Wildman–Crippen LogP) is 0.257. The number of hydrogen-bond donors (Lipinski definition) is 6. The summed E-state index contributed by atoms with van der Waals surface area (Å²) in [6.45, 7) is 1.22. The second-order valence-corrected chi connectivity index (χ2v) is 6.29. The molecule has 0 spiro atoms. The number of carbonyl (C=O) groups excluding carboxylic acids is 1. The van der Waals surface area contributed by atoms with E-state index >= 15 is 0 Å². The summed E-state index contributed by atoms with van der Waals surface area (Å²) in [5, 5.41) is 12.9. The molecule has 0 radical (unpaired) electrons. The third-order valence-corrected chi connectivity index (χ3v) is 4.08. The fourth-order valence-corrected chi connectivity index (χ4v) is 2.58. The van der Waals surface area contributed by atoms with Gasteiger partial charge in [-0.25, -0.2) is 10.8 Å². The molecule has 2 aromatic carbocycles. The number of nitrogens with two attached hydrogens (primary N) is 3. The molecule has 1 amide bonds. The number of nitrogens with zero attached hydrogens (tertiary/aromatic N) is 1. The van der Waals surface area contributed by atoms with Gasteiger partial charge in [0.1, 0.15) is 11.9 Å². The second kappa shape index (κ2) is 12.3. The molecule has 0 aliphatic rings. The lowest BCUT2D eigenvalue weighted by atomic mass is 10.1. The van der Waals surface area contributed by atoms with Crippen LogP contribution in [0.25, 0.3) is 0 Å². The number of phenols is 1. The number of nitrogens with one attached hydrogen (secondary N) is 2. The standard InChI is InChI=1S/C20H28N6O4/c21-15-6-7-17(27)16(12-15)18(30-11-9-25-20(22)26-23)13-29-10-8-24-19(28)14-4-2-1-3-5-14/h1-7,12,18,27H,8-11,13,21,23H2,(H,24,28)(H3,22,25,26). The molecule has 0 aromatic heterocycles. The van der Waals surface area contributed by atoms with Crippen molar-refractivity contribution >= 4 is 17.6 Å². The Kier molecular flexibility index (Phi) is 9.38. The number of amides is 1. The molecule has 0 bridgehead atoms. The van der Waals surface area contributed by atoms with Gasteiger partial charge < -0.3 is 31.4 Å². The zero-order chi connectivity index (χ0) is 21.8. The van der Waals surface area contributed by atoms with Gasteiger partial charge in [0.15, 0.2) is 0 Å². The number of hydrazine groups is 1. The molecule has 0 saturated carbocycles. The Hall–Kier alpha value is -3.34. The zero-order valence-corrected chi connectivity index (χ0v) is 16.6. The number of aromatic hydroxyl groups is 1. The number of hydrogen-bond acceptors (Lipinski definition) is 7.